The van der Waals surface area contributed by atoms with E-state index in [1.807, 2.05) is 7.05 Å². The molecule has 0 radical (unpaired) electrons. The Hall–Kier alpha value is -0.370. The van der Waals surface area contributed by atoms with E-state index >= 15 is 0 Å². The van der Waals surface area contributed by atoms with Gasteiger partial charge in [0, 0.05) is 13.0 Å². The molecule has 1 N–H and O–H groups in total. The molecule has 0 aliphatic heterocycles. The molecule has 2 nitrogen and oxygen atoms in total. The zero-order chi connectivity index (χ0) is 10.5. The highest BCUT2D eigenvalue weighted by Gasteiger charge is 2.65. The van der Waals surface area contributed by atoms with Gasteiger partial charge in [0.05, 0.1) is 0 Å². The third kappa shape index (κ3) is 1.12. The van der Waals surface area contributed by atoms with Crippen LogP contribution in [0, 0.1) is 29.1 Å². The number of hydrogen-bond acceptors (Lipinski definition) is 2. The monoisotopic (exact) mass is 207 g/mol. The van der Waals surface area contributed by atoms with Crippen LogP contribution in [-0.4, -0.2) is 19.9 Å². The van der Waals surface area contributed by atoms with Crippen LogP contribution in [0.1, 0.15) is 32.1 Å². The molecule has 0 aromatic rings. The van der Waals surface area contributed by atoms with Crippen molar-refractivity contribution in [3.63, 3.8) is 0 Å². The number of carbonyl (C=O) groups excluding carboxylic acids is 1. The third-order valence-corrected chi connectivity index (χ3v) is 5.56. The largest absolute Gasteiger partial charge is 0.319 e. The van der Waals surface area contributed by atoms with E-state index < -0.39 is 0 Å². The summed E-state index contributed by atoms with van der Waals surface area (Å²) >= 11 is 0. The third-order valence-electron chi connectivity index (χ3n) is 5.56. The average molecular weight is 207 g/mol. The maximum Gasteiger partial charge on any atom is 0.120 e. The summed E-state index contributed by atoms with van der Waals surface area (Å²) in [6, 6.07) is 0. The van der Waals surface area contributed by atoms with Crippen molar-refractivity contribution in [1.82, 2.24) is 5.32 Å². The Balaban J connectivity index is 1.87. The van der Waals surface area contributed by atoms with Gasteiger partial charge in [-0.3, -0.25) is 0 Å². The Labute approximate surface area is 91.8 Å². The fourth-order valence-corrected chi connectivity index (χ4v) is 5.14. The maximum atomic E-state index is 10.9. The standard InChI is InChI=1S/C13H21NO/c1-14-8-13(4-5-15)11-3-2-9-6-10(11)12(13)7-9/h5,9-12,14H,2-4,6-8H2,1H3/t9?,10?,11?,12?,13-/m0/s1. The van der Waals surface area contributed by atoms with Crippen LogP contribution in [0.5, 0.6) is 0 Å². The van der Waals surface area contributed by atoms with Gasteiger partial charge < -0.3 is 10.1 Å². The van der Waals surface area contributed by atoms with Gasteiger partial charge in [-0.15, -0.1) is 0 Å². The van der Waals surface area contributed by atoms with Crippen molar-refractivity contribution in [3.8, 4) is 0 Å². The molecule has 4 unspecified atom stereocenters. The Bertz CT molecular complexity index is 270. The molecule has 3 fully saturated rings. The summed E-state index contributed by atoms with van der Waals surface area (Å²) in [5.41, 5.74) is 0.354. The van der Waals surface area contributed by atoms with E-state index in [2.05, 4.69) is 5.32 Å². The molecule has 84 valence electrons. The SMILES string of the molecule is CNC[C@@]1(CC=O)C2CCC3CC2C1C3. The van der Waals surface area contributed by atoms with Crippen molar-refractivity contribution < 1.29 is 4.79 Å². The number of hydrogen-bond donors (Lipinski definition) is 1. The summed E-state index contributed by atoms with van der Waals surface area (Å²) in [7, 11) is 2.03. The number of carbonyl (C=O) groups is 1. The van der Waals surface area contributed by atoms with Crippen LogP contribution in [0.3, 0.4) is 0 Å². The lowest BCUT2D eigenvalue weighted by Gasteiger charge is -2.60. The minimum Gasteiger partial charge on any atom is -0.319 e. The molecular weight excluding hydrogens is 186 g/mol. The first-order chi connectivity index (χ1) is 7.31. The predicted octanol–water partition coefficient (Wildman–Crippen LogP) is 1.85. The van der Waals surface area contributed by atoms with Crippen molar-refractivity contribution in [2.75, 3.05) is 13.6 Å². The Morgan fingerprint density at radius 2 is 2.20 bits per heavy atom. The summed E-state index contributed by atoms with van der Waals surface area (Å²) in [5, 5.41) is 3.33. The van der Waals surface area contributed by atoms with Crippen LogP contribution < -0.4 is 5.32 Å². The van der Waals surface area contributed by atoms with Gasteiger partial charge >= 0.3 is 0 Å². The number of nitrogens with one attached hydrogen (secondary N) is 1. The van der Waals surface area contributed by atoms with E-state index in [9.17, 15) is 4.79 Å². The Morgan fingerprint density at radius 3 is 2.93 bits per heavy atom. The minimum atomic E-state index is 0.354. The summed E-state index contributed by atoms with van der Waals surface area (Å²) in [6.07, 6.45) is 7.67. The number of fused-ring (bicyclic) bond motifs is 1. The molecule has 15 heavy (non-hydrogen) atoms. The molecule has 0 saturated heterocycles. The smallest absolute Gasteiger partial charge is 0.120 e. The first kappa shape index (κ1) is 9.83. The van der Waals surface area contributed by atoms with Gasteiger partial charge in [0.2, 0.25) is 0 Å². The molecule has 3 saturated carbocycles. The topological polar surface area (TPSA) is 29.1 Å². The zero-order valence-corrected chi connectivity index (χ0v) is 9.54. The molecular formula is C13H21NO. The molecule has 0 spiro atoms. The number of aldehydes is 1. The lowest BCUT2D eigenvalue weighted by molar-refractivity contribution is -0.132. The zero-order valence-electron chi connectivity index (χ0n) is 9.54. The highest BCUT2D eigenvalue weighted by Crippen LogP contribution is 2.70. The molecule has 0 amide bonds. The van der Waals surface area contributed by atoms with E-state index in [4.69, 9.17) is 0 Å². The van der Waals surface area contributed by atoms with Gasteiger partial charge in [-0.2, -0.15) is 0 Å². The van der Waals surface area contributed by atoms with E-state index in [0.29, 0.717) is 5.41 Å². The lowest BCUT2D eigenvalue weighted by atomic mass is 9.45. The van der Waals surface area contributed by atoms with Gasteiger partial charge in [-0.05, 0) is 55.4 Å². The second kappa shape index (κ2) is 3.31. The molecule has 5 atom stereocenters. The van der Waals surface area contributed by atoms with E-state index in [1.54, 1.807) is 0 Å². The second-order valence-corrected chi connectivity index (χ2v) is 5.93. The molecule has 0 aromatic heterocycles. The molecule has 3 aliphatic carbocycles. The van der Waals surface area contributed by atoms with Crippen molar-refractivity contribution in [2.24, 2.45) is 29.1 Å². The summed E-state index contributed by atoms with van der Waals surface area (Å²) in [6.45, 7) is 1.06. The van der Waals surface area contributed by atoms with Gasteiger partial charge in [0.25, 0.3) is 0 Å². The highest BCUT2D eigenvalue weighted by molar-refractivity contribution is 5.52. The van der Waals surface area contributed by atoms with Gasteiger partial charge in [0.15, 0.2) is 0 Å². The van der Waals surface area contributed by atoms with Crippen molar-refractivity contribution >= 4 is 6.29 Å². The lowest BCUT2D eigenvalue weighted by Crippen LogP contribution is -2.59. The average Bonchev–Trinajstić information content (AvgIpc) is 2.42. The maximum absolute atomic E-state index is 10.9. The van der Waals surface area contributed by atoms with Crippen LogP contribution in [0.25, 0.3) is 0 Å². The summed E-state index contributed by atoms with van der Waals surface area (Å²) < 4.78 is 0. The predicted molar refractivity (Wildman–Crippen MR) is 59.5 cm³/mol. The van der Waals surface area contributed by atoms with E-state index in [0.717, 1.165) is 36.6 Å². The fraction of sp³-hybridized carbons (Fsp3) is 0.923. The molecule has 3 rings (SSSR count). The Kier molecular flexibility index (Phi) is 2.17. The van der Waals surface area contributed by atoms with E-state index in [1.165, 1.54) is 32.0 Å². The van der Waals surface area contributed by atoms with Gasteiger partial charge in [-0.1, -0.05) is 6.42 Å². The molecule has 2 bridgehead atoms. The van der Waals surface area contributed by atoms with Crippen molar-refractivity contribution in [2.45, 2.75) is 32.1 Å². The Morgan fingerprint density at radius 1 is 1.33 bits per heavy atom. The van der Waals surface area contributed by atoms with Crippen LogP contribution in [0.4, 0.5) is 0 Å². The van der Waals surface area contributed by atoms with Gasteiger partial charge in [0.1, 0.15) is 6.29 Å². The minimum absolute atomic E-state index is 0.354. The highest BCUT2D eigenvalue weighted by atomic mass is 16.1. The first-order valence-corrected chi connectivity index (χ1v) is 6.40. The fourth-order valence-electron chi connectivity index (χ4n) is 5.14. The first-order valence-electron chi connectivity index (χ1n) is 6.40. The molecule has 0 heterocycles. The van der Waals surface area contributed by atoms with Gasteiger partial charge in [-0.25, -0.2) is 0 Å². The van der Waals surface area contributed by atoms with Crippen LogP contribution in [0.2, 0.25) is 0 Å². The molecule has 3 aliphatic rings. The van der Waals surface area contributed by atoms with Crippen LogP contribution in [-0.2, 0) is 4.79 Å². The van der Waals surface area contributed by atoms with E-state index in [-0.39, 0.29) is 0 Å². The summed E-state index contributed by atoms with van der Waals surface area (Å²) in [5.74, 6) is 3.71. The van der Waals surface area contributed by atoms with Crippen LogP contribution in [0.15, 0.2) is 0 Å². The van der Waals surface area contributed by atoms with Crippen molar-refractivity contribution in [3.05, 3.63) is 0 Å². The van der Waals surface area contributed by atoms with Crippen LogP contribution >= 0.6 is 0 Å². The molecule has 0 aromatic carbocycles. The second-order valence-electron chi connectivity index (χ2n) is 5.93. The normalized spacial score (nSPS) is 51.3. The summed E-state index contributed by atoms with van der Waals surface area (Å²) in [4.78, 5) is 10.9. The quantitative estimate of drug-likeness (QED) is 0.713. The van der Waals surface area contributed by atoms with Crippen molar-refractivity contribution in [1.29, 1.82) is 0 Å². The number of rotatable bonds is 4. The molecule has 2 heteroatoms.